The summed E-state index contributed by atoms with van der Waals surface area (Å²) in [6.07, 6.45) is 3.53. The van der Waals surface area contributed by atoms with Crippen LogP contribution < -0.4 is 0 Å². The van der Waals surface area contributed by atoms with Gasteiger partial charge in [-0.2, -0.15) is 0 Å². The number of aliphatic hydroxyl groups excluding tert-OH is 1. The van der Waals surface area contributed by atoms with Gasteiger partial charge in [0.25, 0.3) is 0 Å². The van der Waals surface area contributed by atoms with Crippen LogP contribution in [0.25, 0.3) is 0 Å². The zero-order valence-electron chi connectivity index (χ0n) is 16.4. The van der Waals surface area contributed by atoms with Gasteiger partial charge in [0.15, 0.2) is 0 Å². The Morgan fingerprint density at radius 1 is 0.769 bits per heavy atom. The Hall–Kier alpha value is -0.280. The van der Waals surface area contributed by atoms with Gasteiger partial charge in [-0.25, -0.2) is 0 Å². The highest BCUT2D eigenvalue weighted by Crippen LogP contribution is 2.35. The molecule has 0 spiro atoms. The average molecular weight is 376 g/mol. The van der Waals surface area contributed by atoms with E-state index in [1.165, 1.54) is 0 Å². The standard InChI is InChI=1S/C19H36O7/c1-3-18(11-25-12-18)5-7-21-15-23-9-17(20)10-24-16-22-8-6-19(4-2)13-26-14-19/h17,20H,3-16H2,1-2H3. The molecule has 0 radical (unpaired) electrons. The van der Waals surface area contributed by atoms with E-state index >= 15 is 0 Å². The molecule has 0 bridgehead atoms. The van der Waals surface area contributed by atoms with Gasteiger partial charge in [-0.3, -0.25) is 0 Å². The molecule has 7 heteroatoms. The lowest BCUT2D eigenvalue weighted by Crippen LogP contribution is -2.42. The summed E-state index contributed by atoms with van der Waals surface area (Å²) in [6.45, 7) is 9.77. The zero-order valence-corrected chi connectivity index (χ0v) is 16.4. The summed E-state index contributed by atoms with van der Waals surface area (Å²) < 4.78 is 32.1. The maximum absolute atomic E-state index is 9.80. The van der Waals surface area contributed by atoms with Gasteiger partial charge in [-0.05, 0) is 25.7 Å². The third-order valence-corrected chi connectivity index (χ3v) is 5.64. The molecule has 2 aliphatic heterocycles. The highest BCUT2D eigenvalue weighted by molar-refractivity contribution is 4.84. The summed E-state index contributed by atoms with van der Waals surface area (Å²) in [5, 5.41) is 9.80. The Bertz CT molecular complexity index is 324. The molecule has 2 fully saturated rings. The van der Waals surface area contributed by atoms with E-state index in [0.717, 1.165) is 52.1 Å². The summed E-state index contributed by atoms with van der Waals surface area (Å²) in [5.74, 6) is 0. The molecule has 0 aliphatic carbocycles. The van der Waals surface area contributed by atoms with Crippen molar-refractivity contribution < 1.29 is 33.5 Å². The summed E-state index contributed by atoms with van der Waals surface area (Å²) in [4.78, 5) is 0. The molecule has 0 aromatic carbocycles. The minimum Gasteiger partial charge on any atom is -0.388 e. The van der Waals surface area contributed by atoms with Crippen LogP contribution in [-0.4, -0.2) is 77.7 Å². The van der Waals surface area contributed by atoms with Crippen molar-refractivity contribution in [3.05, 3.63) is 0 Å². The fourth-order valence-corrected chi connectivity index (χ4v) is 3.06. The van der Waals surface area contributed by atoms with Crippen LogP contribution in [0.4, 0.5) is 0 Å². The quantitative estimate of drug-likeness (QED) is 0.326. The van der Waals surface area contributed by atoms with Crippen molar-refractivity contribution in [1.82, 2.24) is 0 Å². The summed E-state index contributed by atoms with van der Waals surface area (Å²) in [6, 6.07) is 0. The fraction of sp³-hybridized carbons (Fsp3) is 1.00. The van der Waals surface area contributed by atoms with Gasteiger partial charge in [-0.15, -0.1) is 0 Å². The van der Waals surface area contributed by atoms with Crippen molar-refractivity contribution in [1.29, 1.82) is 0 Å². The van der Waals surface area contributed by atoms with E-state index in [9.17, 15) is 5.11 Å². The Balaban J connectivity index is 1.34. The Morgan fingerprint density at radius 2 is 1.19 bits per heavy atom. The van der Waals surface area contributed by atoms with Gasteiger partial charge in [-0.1, -0.05) is 13.8 Å². The van der Waals surface area contributed by atoms with E-state index in [1.54, 1.807) is 0 Å². The molecule has 0 unspecified atom stereocenters. The van der Waals surface area contributed by atoms with Gasteiger partial charge in [0.2, 0.25) is 0 Å². The van der Waals surface area contributed by atoms with E-state index in [4.69, 9.17) is 28.4 Å². The van der Waals surface area contributed by atoms with E-state index in [1.807, 2.05) is 0 Å². The lowest BCUT2D eigenvalue weighted by molar-refractivity contribution is -0.149. The van der Waals surface area contributed by atoms with Gasteiger partial charge < -0.3 is 33.5 Å². The molecule has 7 nitrogen and oxygen atoms in total. The van der Waals surface area contributed by atoms with Gasteiger partial charge in [0.1, 0.15) is 19.7 Å². The molecule has 0 amide bonds. The van der Waals surface area contributed by atoms with Crippen molar-refractivity contribution in [2.45, 2.75) is 45.6 Å². The molecule has 2 heterocycles. The Kier molecular flexibility index (Phi) is 9.77. The van der Waals surface area contributed by atoms with Crippen molar-refractivity contribution >= 4 is 0 Å². The number of rotatable bonds is 16. The largest absolute Gasteiger partial charge is 0.388 e. The van der Waals surface area contributed by atoms with Crippen LogP contribution in [0, 0.1) is 10.8 Å². The molecule has 0 atom stereocenters. The second-order valence-electron chi connectivity index (χ2n) is 7.64. The monoisotopic (exact) mass is 376 g/mol. The molecule has 1 N–H and O–H groups in total. The first-order chi connectivity index (χ1) is 12.6. The maximum atomic E-state index is 9.80. The molecule has 0 aromatic rings. The smallest absolute Gasteiger partial charge is 0.146 e. The molecule has 26 heavy (non-hydrogen) atoms. The van der Waals surface area contributed by atoms with Gasteiger partial charge in [0, 0.05) is 10.8 Å². The van der Waals surface area contributed by atoms with E-state index in [0.29, 0.717) is 24.0 Å². The summed E-state index contributed by atoms with van der Waals surface area (Å²) in [5.41, 5.74) is 0.603. The molecular weight excluding hydrogens is 340 g/mol. The van der Waals surface area contributed by atoms with Crippen LogP contribution in [0.1, 0.15) is 39.5 Å². The van der Waals surface area contributed by atoms with Crippen LogP contribution in [0.15, 0.2) is 0 Å². The molecule has 2 aliphatic rings. The first kappa shape index (κ1) is 22.0. The van der Waals surface area contributed by atoms with E-state index in [-0.39, 0.29) is 26.8 Å². The lowest BCUT2D eigenvalue weighted by atomic mass is 9.80. The zero-order chi connectivity index (χ0) is 18.7. The van der Waals surface area contributed by atoms with Gasteiger partial charge >= 0.3 is 0 Å². The number of aliphatic hydroxyl groups is 1. The molecule has 2 rings (SSSR count). The third-order valence-electron chi connectivity index (χ3n) is 5.64. The summed E-state index contributed by atoms with van der Waals surface area (Å²) >= 11 is 0. The average Bonchev–Trinajstić information content (AvgIpc) is 2.58. The van der Waals surface area contributed by atoms with Crippen molar-refractivity contribution in [2.75, 3.05) is 66.4 Å². The predicted octanol–water partition coefficient (Wildman–Crippen LogP) is 1.96. The van der Waals surface area contributed by atoms with E-state index in [2.05, 4.69) is 13.8 Å². The van der Waals surface area contributed by atoms with Crippen molar-refractivity contribution in [2.24, 2.45) is 10.8 Å². The molecule has 0 aromatic heterocycles. The summed E-state index contributed by atoms with van der Waals surface area (Å²) in [7, 11) is 0. The number of hydrogen-bond donors (Lipinski definition) is 1. The highest BCUT2D eigenvalue weighted by Gasteiger charge is 2.36. The minimum atomic E-state index is -0.675. The topological polar surface area (TPSA) is 75.6 Å². The van der Waals surface area contributed by atoms with E-state index < -0.39 is 6.10 Å². The van der Waals surface area contributed by atoms with Crippen LogP contribution in [-0.2, 0) is 28.4 Å². The van der Waals surface area contributed by atoms with Crippen molar-refractivity contribution in [3.63, 3.8) is 0 Å². The second kappa shape index (κ2) is 11.5. The van der Waals surface area contributed by atoms with Crippen LogP contribution in [0.2, 0.25) is 0 Å². The van der Waals surface area contributed by atoms with Gasteiger partial charge in [0.05, 0.1) is 52.9 Å². The van der Waals surface area contributed by atoms with Crippen LogP contribution in [0.3, 0.4) is 0 Å². The first-order valence-electron chi connectivity index (χ1n) is 9.78. The SMILES string of the molecule is CCC1(CCOCOCC(O)COCOCCC2(CC)COC2)COC1. The first-order valence-corrected chi connectivity index (χ1v) is 9.78. The maximum Gasteiger partial charge on any atom is 0.146 e. The predicted molar refractivity (Wildman–Crippen MR) is 95.9 cm³/mol. The van der Waals surface area contributed by atoms with Crippen LogP contribution >= 0.6 is 0 Å². The normalized spacial score (nSPS) is 20.8. The minimum absolute atomic E-state index is 0.190. The lowest BCUT2D eigenvalue weighted by Gasteiger charge is -2.40. The molecule has 154 valence electrons. The number of hydrogen-bond acceptors (Lipinski definition) is 7. The molecule has 2 saturated heterocycles. The Morgan fingerprint density at radius 3 is 1.50 bits per heavy atom. The number of ether oxygens (including phenoxy) is 6. The second-order valence-corrected chi connectivity index (χ2v) is 7.64. The Labute approximate surface area is 157 Å². The van der Waals surface area contributed by atoms with Crippen molar-refractivity contribution in [3.8, 4) is 0 Å². The molecular formula is C19H36O7. The van der Waals surface area contributed by atoms with Crippen LogP contribution in [0.5, 0.6) is 0 Å². The molecule has 0 saturated carbocycles. The fourth-order valence-electron chi connectivity index (χ4n) is 3.06. The highest BCUT2D eigenvalue weighted by atomic mass is 16.7. The third kappa shape index (κ3) is 7.03.